The third-order valence-electron chi connectivity index (χ3n) is 5.86. The molecule has 0 unspecified atom stereocenters. The van der Waals surface area contributed by atoms with Gasteiger partial charge in [0.1, 0.15) is 0 Å². The SMILES string of the molecule is c1ccc([S+](c2ccccc2)c2ccc(Sc3ccc4c(c3)Cc3ccccc3S4)cc2)cc1. The lowest BCUT2D eigenvalue weighted by Gasteiger charge is -2.19. The van der Waals surface area contributed by atoms with Crippen LogP contribution < -0.4 is 0 Å². The van der Waals surface area contributed by atoms with Crippen LogP contribution in [-0.2, 0) is 17.3 Å². The first-order valence-electron chi connectivity index (χ1n) is 11.3. The molecule has 0 nitrogen and oxygen atoms in total. The summed E-state index contributed by atoms with van der Waals surface area (Å²) in [7, 11) is -0.104. The summed E-state index contributed by atoms with van der Waals surface area (Å²) in [6.45, 7) is 0. The smallest absolute Gasteiger partial charge is 0.0901 e. The van der Waals surface area contributed by atoms with Crippen LogP contribution >= 0.6 is 23.5 Å². The standard InChI is InChI=1S/C31H23S3/c1-3-10-27(11-4-1)34(28-12-5-2-6-13-28)29-18-15-25(16-19-29)32-26-17-20-31-24(22-26)21-23-9-7-8-14-30(23)33-31/h1-20,22H,21H2/q+1. The van der Waals surface area contributed by atoms with Gasteiger partial charge in [0, 0.05) is 19.6 Å². The van der Waals surface area contributed by atoms with Crippen molar-refractivity contribution >= 4 is 34.4 Å². The number of rotatable bonds is 5. The van der Waals surface area contributed by atoms with E-state index in [1.807, 2.05) is 23.5 Å². The van der Waals surface area contributed by atoms with Crippen molar-refractivity contribution in [2.75, 3.05) is 0 Å². The predicted molar refractivity (Wildman–Crippen MR) is 145 cm³/mol. The van der Waals surface area contributed by atoms with Crippen molar-refractivity contribution in [3.05, 3.63) is 139 Å². The maximum absolute atomic E-state index is 2.37. The Morgan fingerprint density at radius 1 is 0.500 bits per heavy atom. The Balaban J connectivity index is 1.25. The molecule has 0 saturated carbocycles. The second kappa shape index (κ2) is 9.79. The second-order valence-electron chi connectivity index (χ2n) is 8.16. The third-order valence-corrected chi connectivity index (χ3v) is 10.3. The Morgan fingerprint density at radius 3 is 1.76 bits per heavy atom. The van der Waals surface area contributed by atoms with Gasteiger partial charge in [0.05, 0.1) is 10.9 Å². The van der Waals surface area contributed by atoms with Crippen molar-refractivity contribution in [2.24, 2.45) is 0 Å². The summed E-state index contributed by atoms with van der Waals surface area (Å²) in [5, 5.41) is 0. The first kappa shape index (κ1) is 21.7. The van der Waals surface area contributed by atoms with E-state index >= 15 is 0 Å². The molecule has 3 heteroatoms. The molecule has 0 atom stereocenters. The van der Waals surface area contributed by atoms with E-state index in [0.29, 0.717) is 0 Å². The number of benzene rings is 5. The highest BCUT2D eigenvalue weighted by Gasteiger charge is 2.28. The summed E-state index contributed by atoms with van der Waals surface area (Å²) in [6, 6.07) is 46.5. The molecule has 0 spiro atoms. The molecule has 1 aliphatic rings. The van der Waals surface area contributed by atoms with Crippen LogP contribution in [0.25, 0.3) is 0 Å². The molecule has 0 saturated heterocycles. The minimum absolute atomic E-state index is 0.104. The van der Waals surface area contributed by atoms with E-state index in [4.69, 9.17) is 0 Å². The quantitative estimate of drug-likeness (QED) is 0.221. The van der Waals surface area contributed by atoms with Crippen LogP contribution in [0.4, 0.5) is 0 Å². The largest absolute Gasteiger partial charge is 0.166 e. The van der Waals surface area contributed by atoms with Gasteiger partial charge in [-0.1, -0.05) is 78.1 Å². The van der Waals surface area contributed by atoms with Gasteiger partial charge in [-0.3, -0.25) is 0 Å². The molecule has 0 radical (unpaired) electrons. The lowest BCUT2D eigenvalue weighted by Crippen LogP contribution is -2.04. The molecule has 6 rings (SSSR count). The molecular formula is C31H23S3+. The molecule has 0 aromatic heterocycles. The maximum Gasteiger partial charge on any atom is 0.166 e. The Hall–Kier alpha value is -2.85. The van der Waals surface area contributed by atoms with E-state index in [9.17, 15) is 0 Å². The van der Waals surface area contributed by atoms with Crippen molar-refractivity contribution in [3.63, 3.8) is 0 Å². The number of fused-ring (bicyclic) bond motifs is 2. The van der Waals surface area contributed by atoms with Gasteiger partial charge >= 0.3 is 0 Å². The average molecular weight is 492 g/mol. The Morgan fingerprint density at radius 2 is 1.06 bits per heavy atom. The zero-order valence-electron chi connectivity index (χ0n) is 18.6. The summed E-state index contributed by atoms with van der Waals surface area (Å²) in [6.07, 6.45) is 1.02. The van der Waals surface area contributed by atoms with Crippen LogP contribution in [0.5, 0.6) is 0 Å². The topological polar surface area (TPSA) is 0 Å². The van der Waals surface area contributed by atoms with E-state index in [-0.39, 0.29) is 10.9 Å². The van der Waals surface area contributed by atoms with E-state index in [0.717, 1.165) is 6.42 Å². The van der Waals surface area contributed by atoms with Gasteiger partial charge in [-0.2, -0.15) is 0 Å². The lowest BCUT2D eigenvalue weighted by molar-refractivity contribution is 1.04. The zero-order chi connectivity index (χ0) is 22.7. The minimum atomic E-state index is -0.104. The number of hydrogen-bond donors (Lipinski definition) is 0. The summed E-state index contributed by atoms with van der Waals surface area (Å²) < 4.78 is 0. The molecule has 0 aliphatic carbocycles. The van der Waals surface area contributed by atoms with Crippen molar-refractivity contribution in [1.82, 2.24) is 0 Å². The van der Waals surface area contributed by atoms with Crippen molar-refractivity contribution in [2.45, 2.75) is 40.7 Å². The molecule has 34 heavy (non-hydrogen) atoms. The molecule has 0 N–H and O–H groups in total. The summed E-state index contributed by atoms with van der Waals surface area (Å²) in [5.74, 6) is 0. The fraction of sp³-hybridized carbons (Fsp3) is 0.0323. The lowest BCUT2D eigenvalue weighted by atomic mass is 10.0. The van der Waals surface area contributed by atoms with Crippen LogP contribution in [-0.4, -0.2) is 0 Å². The van der Waals surface area contributed by atoms with Crippen LogP contribution in [0, 0.1) is 0 Å². The van der Waals surface area contributed by atoms with Gasteiger partial charge in [0.15, 0.2) is 14.7 Å². The summed E-state index contributed by atoms with van der Waals surface area (Å²) in [4.78, 5) is 9.39. The van der Waals surface area contributed by atoms with E-state index in [2.05, 4.69) is 127 Å². The highest BCUT2D eigenvalue weighted by molar-refractivity contribution is 8.00. The van der Waals surface area contributed by atoms with Crippen LogP contribution in [0.2, 0.25) is 0 Å². The zero-order valence-corrected chi connectivity index (χ0v) is 21.0. The van der Waals surface area contributed by atoms with Crippen molar-refractivity contribution in [3.8, 4) is 0 Å². The molecule has 5 aromatic carbocycles. The van der Waals surface area contributed by atoms with Crippen LogP contribution in [0.1, 0.15) is 11.1 Å². The molecule has 0 amide bonds. The van der Waals surface area contributed by atoms with E-state index in [1.54, 1.807) is 0 Å². The Bertz CT molecular complexity index is 1370. The normalized spacial score (nSPS) is 12.3. The fourth-order valence-corrected chi connectivity index (χ4v) is 8.25. The van der Waals surface area contributed by atoms with Crippen LogP contribution in [0.15, 0.2) is 162 Å². The highest BCUT2D eigenvalue weighted by Crippen LogP contribution is 2.41. The van der Waals surface area contributed by atoms with Crippen molar-refractivity contribution in [1.29, 1.82) is 0 Å². The average Bonchev–Trinajstić information content (AvgIpc) is 2.90. The van der Waals surface area contributed by atoms with Crippen LogP contribution in [0.3, 0.4) is 0 Å². The van der Waals surface area contributed by atoms with Gasteiger partial charge in [-0.25, -0.2) is 0 Å². The first-order chi connectivity index (χ1) is 16.8. The van der Waals surface area contributed by atoms with Crippen molar-refractivity contribution < 1.29 is 0 Å². The first-order valence-corrected chi connectivity index (χ1v) is 14.2. The van der Waals surface area contributed by atoms with E-state index in [1.165, 1.54) is 45.4 Å². The molecule has 0 fully saturated rings. The number of hydrogen-bond acceptors (Lipinski definition) is 2. The maximum atomic E-state index is 2.37. The monoisotopic (exact) mass is 491 g/mol. The predicted octanol–water partition coefficient (Wildman–Crippen LogP) is 8.99. The summed E-state index contributed by atoms with van der Waals surface area (Å²) >= 11 is 3.74. The van der Waals surface area contributed by atoms with Gasteiger partial charge < -0.3 is 0 Å². The Kier molecular flexibility index (Phi) is 6.24. The molecular weight excluding hydrogens is 469 g/mol. The van der Waals surface area contributed by atoms with E-state index < -0.39 is 0 Å². The Labute approximate surface area is 212 Å². The molecule has 1 heterocycles. The third kappa shape index (κ3) is 4.56. The van der Waals surface area contributed by atoms with Gasteiger partial charge in [0.2, 0.25) is 0 Å². The second-order valence-corrected chi connectivity index (χ2v) is 12.4. The molecule has 164 valence electrons. The molecule has 1 aliphatic heterocycles. The summed E-state index contributed by atoms with van der Waals surface area (Å²) in [5.41, 5.74) is 2.86. The fourth-order valence-electron chi connectivity index (χ4n) is 4.23. The highest BCUT2D eigenvalue weighted by atomic mass is 32.2. The molecule has 0 bridgehead atoms. The molecule has 5 aromatic rings. The van der Waals surface area contributed by atoms with Gasteiger partial charge in [0.25, 0.3) is 0 Å². The van der Waals surface area contributed by atoms with Gasteiger partial charge in [-0.15, -0.1) is 0 Å². The minimum Gasteiger partial charge on any atom is -0.0901 e. The van der Waals surface area contributed by atoms with Gasteiger partial charge in [-0.05, 0) is 90.3 Å².